The van der Waals surface area contributed by atoms with Gasteiger partial charge in [-0.15, -0.1) is 0 Å². The second kappa shape index (κ2) is 7.51. The molecule has 1 aromatic rings. The van der Waals surface area contributed by atoms with Gasteiger partial charge in [0, 0.05) is 18.2 Å². The molecule has 3 nitrogen and oxygen atoms in total. The maximum atomic E-state index is 6.12. The fraction of sp³-hybridized carbons (Fsp3) is 0.625. The molecular weight excluding hydrogens is 236 g/mol. The highest BCUT2D eigenvalue weighted by Crippen LogP contribution is 2.25. The molecule has 0 radical (unpaired) electrons. The van der Waals surface area contributed by atoms with Crippen LogP contribution in [-0.2, 0) is 0 Å². The Balaban J connectivity index is 1.84. The van der Waals surface area contributed by atoms with Gasteiger partial charge in [0.25, 0.3) is 0 Å². The van der Waals surface area contributed by atoms with Crippen molar-refractivity contribution in [3.05, 3.63) is 29.8 Å². The zero-order valence-electron chi connectivity index (χ0n) is 12.0. The summed E-state index contributed by atoms with van der Waals surface area (Å²) in [6.45, 7) is 6.33. The maximum Gasteiger partial charge on any atom is 0.124 e. The number of ether oxygens (including phenoxy) is 1. The van der Waals surface area contributed by atoms with E-state index in [2.05, 4.69) is 17.9 Å². The van der Waals surface area contributed by atoms with Gasteiger partial charge in [-0.1, -0.05) is 31.5 Å². The minimum absolute atomic E-state index is 0.0752. The molecule has 0 unspecified atom stereocenters. The summed E-state index contributed by atoms with van der Waals surface area (Å²) in [6.07, 6.45) is 4.98. The van der Waals surface area contributed by atoms with Crippen LogP contribution in [0, 0.1) is 0 Å². The normalized spacial score (nSPS) is 18.2. The average molecular weight is 262 g/mol. The Labute approximate surface area is 116 Å². The van der Waals surface area contributed by atoms with Crippen molar-refractivity contribution >= 4 is 0 Å². The van der Waals surface area contributed by atoms with Crippen LogP contribution in [0.1, 0.15) is 44.2 Å². The van der Waals surface area contributed by atoms with Gasteiger partial charge in [-0.25, -0.2) is 0 Å². The molecule has 1 aromatic carbocycles. The molecule has 1 aliphatic rings. The van der Waals surface area contributed by atoms with E-state index >= 15 is 0 Å². The summed E-state index contributed by atoms with van der Waals surface area (Å²) in [5, 5.41) is 0. The van der Waals surface area contributed by atoms with E-state index in [1.165, 1.54) is 32.4 Å². The van der Waals surface area contributed by atoms with E-state index in [9.17, 15) is 0 Å². The molecule has 1 heterocycles. The molecule has 3 heteroatoms. The van der Waals surface area contributed by atoms with Crippen molar-refractivity contribution < 1.29 is 4.74 Å². The molecule has 0 saturated carbocycles. The Morgan fingerprint density at radius 3 is 2.68 bits per heavy atom. The minimum atomic E-state index is 0.0752. The Bertz CT molecular complexity index is 375. The lowest BCUT2D eigenvalue weighted by Crippen LogP contribution is -2.33. The third-order valence-corrected chi connectivity index (χ3v) is 3.87. The molecule has 1 fully saturated rings. The van der Waals surface area contributed by atoms with Crippen LogP contribution >= 0.6 is 0 Å². The molecule has 0 aromatic heterocycles. The van der Waals surface area contributed by atoms with Gasteiger partial charge < -0.3 is 10.5 Å². The summed E-state index contributed by atoms with van der Waals surface area (Å²) in [4.78, 5) is 2.49. The first-order valence-corrected chi connectivity index (χ1v) is 7.51. The van der Waals surface area contributed by atoms with Crippen LogP contribution in [-0.4, -0.2) is 31.1 Å². The van der Waals surface area contributed by atoms with Crippen LogP contribution in [0.25, 0.3) is 0 Å². The number of nitrogens with two attached hydrogens (primary N) is 1. The molecule has 2 rings (SSSR count). The van der Waals surface area contributed by atoms with Gasteiger partial charge in [0.2, 0.25) is 0 Å². The van der Waals surface area contributed by atoms with E-state index in [-0.39, 0.29) is 6.04 Å². The highest BCUT2D eigenvalue weighted by molar-refractivity contribution is 5.35. The first kappa shape index (κ1) is 14.4. The second-order valence-electron chi connectivity index (χ2n) is 5.30. The quantitative estimate of drug-likeness (QED) is 0.856. The fourth-order valence-corrected chi connectivity index (χ4v) is 2.61. The zero-order valence-corrected chi connectivity index (χ0v) is 12.0. The van der Waals surface area contributed by atoms with Crippen LogP contribution in [0.4, 0.5) is 0 Å². The third-order valence-electron chi connectivity index (χ3n) is 3.87. The molecule has 0 amide bonds. The molecule has 1 aliphatic heterocycles. The molecule has 1 saturated heterocycles. The van der Waals surface area contributed by atoms with Gasteiger partial charge >= 0.3 is 0 Å². The molecule has 0 spiro atoms. The van der Waals surface area contributed by atoms with E-state index in [0.717, 1.165) is 30.9 Å². The van der Waals surface area contributed by atoms with E-state index < -0.39 is 0 Å². The minimum Gasteiger partial charge on any atom is -0.492 e. The van der Waals surface area contributed by atoms with E-state index in [4.69, 9.17) is 10.5 Å². The third kappa shape index (κ3) is 4.22. The maximum absolute atomic E-state index is 6.12. The lowest BCUT2D eigenvalue weighted by molar-refractivity contribution is 0.182. The number of hydrogen-bond donors (Lipinski definition) is 1. The number of likely N-dealkylation sites (tertiary alicyclic amines) is 1. The van der Waals surface area contributed by atoms with Gasteiger partial charge in [-0.3, -0.25) is 4.90 Å². The van der Waals surface area contributed by atoms with Crippen molar-refractivity contribution in [3.63, 3.8) is 0 Å². The zero-order chi connectivity index (χ0) is 13.5. The average Bonchev–Trinajstić information content (AvgIpc) is 2.48. The Kier molecular flexibility index (Phi) is 5.67. The Hall–Kier alpha value is -1.06. The molecule has 0 bridgehead atoms. The highest BCUT2D eigenvalue weighted by Gasteiger charge is 2.12. The Morgan fingerprint density at radius 1 is 1.21 bits per heavy atom. The number of piperidine rings is 1. The predicted octanol–water partition coefficient (Wildman–Crippen LogP) is 2.96. The van der Waals surface area contributed by atoms with Gasteiger partial charge in [-0.05, 0) is 38.4 Å². The van der Waals surface area contributed by atoms with Crippen molar-refractivity contribution in [1.29, 1.82) is 0 Å². The van der Waals surface area contributed by atoms with Crippen LogP contribution in [0.5, 0.6) is 5.75 Å². The fourth-order valence-electron chi connectivity index (χ4n) is 2.61. The summed E-state index contributed by atoms with van der Waals surface area (Å²) in [5.41, 5.74) is 7.25. The van der Waals surface area contributed by atoms with Crippen molar-refractivity contribution in [2.75, 3.05) is 26.2 Å². The molecular formula is C16H26N2O. The van der Waals surface area contributed by atoms with Gasteiger partial charge in [0.15, 0.2) is 0 Å². The summed E-state index contributed by atoms with van der Waals surface area (Å²) in [6, 6.07) is 8.22. The standard InChI is InChI=1S/C16H26N2O/c1-2-15(17)14-8-4-5-9-16(14)19-13-12-18-10-6-3-7-11-18/h4-5,8-9,15H,2-3,6-7,10-13,17H2,1H3/t15-/m1/s1. The van der Waals surface area contributed by atoms with Crippen LogP contribution in [0.15, 0.2) is 24.3 Å². The number of rotatable bonds is 6. The van der Waals surface area contributed by atoms with E-state index in [0.29, 0.717) is 0 Å². The molecule has 19 heavy (non-hydrogen) atoms. The summed E-state index contributed by atoms with van der Waals surface area (Å²) >= 11 is 0. The topological polar surface area (TPSA) is 38.5 Å². The molecule has 106 valence electrons. The van der Waals surface area contributed by atoms with Crippen LogP contribution < -0.4 is 10.5 Å². The summed E-state index contributed by atoms with van der Waals surface area (Å²) in [5.74, 6) is 0.953. The SMILES string of the molecule is CC[C@@H](N)c1ccccc1OCCN1CCCCC1. The smallest absolute Gasteiger partial charge is 0.124 e. The van der Waals surface area contributed by atoms with Gasteiger partial charge in [0.1, 0.15) is 12.4 Å². The predicted molar refractivity (Wildman–Crippen MR) is 79.4 cm³/mol. The van der Waals surface area contributed by atoms with Crippen molar-refractivity contribution in [3.8, 4) is 5.75 Å². The van der Waals surface area contributed by atoms with Crippen molar-refractivity contribution in [1.82, 2.24) is 4.90 Å². The van der Waals surface area contributed by atoms with E-state index in [1.807, 2.05) is 18.2 Å². The first-order chi connectivity index (χ1) is 9.31. The van der Waals surface area contributed by atoms with E-state index in [1.54, 1.807) is 0 Å². The van der Waals surface area contributed by atoms with Gasteiger partial charge in [0.05, 0.1) is 0 Å². The Morgan fingerprint density at radius 2 is 1.95 bits per heavy atom. The van der Waals surface area contributed by atoms with Crippen LogP contribution in [0.2, 0.25) is 0 Å². The summed E-state index contributed by atoms with van der Waals surface area (Å²) in [7, 11) is 0. The number of hydrogen-bond acceptors (Lipinski definition) is 3. The molecule has 0 aliphatic carbocycles. The summed E-state index contributed by atoms with van der Waals surface area (Å²) < 4.78 is 5.94. The van der Waals surface area contributed by atoms with Gasteiger partial charge in [-0.2, -0.15) is 0 Å². The van der Waals surface area contributed by atoms with Crippen molar-refractivity contribution in [2.45, 2.75) is 38.6 Å². The lowest BCUT2D eigenvalue weighted by atomic mass is 10.0. The largest absolute Gasteiger partial charge is 0.492 e. The molecule has 2 N–H and O–H groups in total. The first-order valence-electron chi connectivity index (χ1n) is 7.51. The highest BCUT2D eigenvalue weighted by atomic mass is 16.5. The molecule has 1 atom stereocenters. The van der Waals surface area contributed by atoms with Crippen LogP contribution in [0.3, 0.4) is 0 Å². The lowest BCUT2D eigenvalue weighted by Gasteiger charge is -2.26. The van der Waals surface area contributed by atoms with Crippen molar-refractivity contribution in [2.24, 2.45) is 5.73 Å². The number of nitrogens with zero attached hydrogens (tertiary/aromatic N) is 1. The number of benzene rings is 1. The monoisotopic (exact) mass is 262 g/mol. The second-order valence-corrected chi connectivity index (χ2v) is 5.30. The number of para-hydroxylation sites is 1.